The van der Waals surface area contributed by atoms with Crippen molar-refractivity contribution in [3.63, 3.8) is 0 Å². The van der Waals surface area contributed by atoms with Crippen molar-refractivity contribution >= 4 is 0 Å². The van der Waals surface area contributed by atoms with Gasteiger partial charge in [-0.1, -0.05) is 18.1 Å². The van der Waals surface area contributed by atoms with Gasteiger partial charge < -0.3 is 10.2 Å². The van der Waals surface area contributed by atoms with Crippen LogP contribution in [0.2, 0.25) is 0 Å². The number of nitrogens with one attached hydrogen (secondary N) is 1. The molecule has 1 aliphatic rings. The molecule has 1 saturated carbocycles. The lowest BCUT2D eigenvalue weighted by Gasteiger charge is -2.43. The van der Waals surface area contributed by atoms with Crippen LogP contribution < -0.4 is 5.32 Å². The molecule has 1 fully saturated rings. The monoisotopic (exact) mass is 251 g/mol. The largest absolute Gasteiger partial charge is 0.315 e. The van der Waals surface area contributed by atoms with E-state index in [4.69, 9.17) is 0 Å². The van der Waals surface area contributed by atoms with Crippen molar-refractivity contribution in [2.24, 2.45) is 7.05 Å². The molecule has 1 heterocycles. The van der Waals surface area contributed by atoms with Gasteiger partial charge in [-0.05, 0) is 34.0 Å². The molecule has 0 amide bonds. The summed E-state index contributed by atoms with van der Waals surface area (Å²) in [6.07, 6.45) is 8.16. The highest BCUT2D eigenvalue weighted by Gasteiger charge is 2.42. The molecular formula is C13H25N5. The summed E-state index contributed by atoms with van der Waals surface area (Å²) in [5.74, 6) is 0. The quantitative estimate of drug-likeness (QED) is 0.841. The van der Waals surface area contributed by atoms with Gasteiger partial charge in [0.15, 0.2) is 0 Å². The maximum Gasteiger partial charge on any atom is 0.0843 e. The molecule has 1 aromatic rings. The van der Waals surface area contributed by atoms with Crippen molar-refractivity contribution in [2.45, 2.75) is 43.7 Å². The molecule has 1 unspecified atom stereocenters. The third-order valence-corrected chi connectivity index (χ3v) is 4.42. The highest BCUT2D eigenvalue weighted by Crippen LogP contribution is 2.37. The maximum atomic E-state index is 4.22. The third-order valence-electron chi connectivity index (χ3n) is 4.42. The zero-order chi connectivity index (χ0) is 13.2. The number of likely N-dealkylation sites (N-methyl/N-ethyl adjacent to an activating group) is 2. The summed E-state index contributed by atoms with van der Waals surface area (Å²) in [7, 11) is 8.38. The van der Waals surface area contributed by atoms with Crippen LogP contribution in [0.15, 0.2) is 6.20 Å². The van der Waals surface area contributed by atoms with E-state index in [2.05, 4.69) is 41.7 Å². The highest BCUT2D eigenvalue weighted by molar-refractivity contribution is 5.07. The molecule has 5 heteroatoms. The van der Waals surface area contributed by atoms with E-state index in [1.165, 1.54) is 25.7 Å². The average molecular weight is 251 g/mol. The van der Waals surface area contributed by atoms with Gasteiger partial charge in [-0.3, -0.25) is 4.68 Å². The van der Waals surface area contributed by atoms with Crippen molar-refractivity contribution < 1.29 is 0 Å². The normalized spacial score (nSPS) is 20.5. The molecule has 0 aromatic carbocycles. The molecule has 1 N–H and O–H groups in total. The average Bonchev–Trinajstić information content (AvgIpc) is 2.95. The fraction of sp³-hybridized carbons (Fsp3) is 0.846. The Morgan fingerprint density at radius 1 is 1.44 bits per heavy atom. The summed E-state index contributed by atoms with van der Waals surface area (Å²) in [4.78, 5) is 2.40. The van der Waals surface area contributed by atoms with E-state index in [9.17, 15) is 0 Å². The van der Waals surface area contributed by atoms with Crippen molar-refractivity contribution in [1.29, 1.82) is 0 Å². The predicted octanol–water partition coefficient (Wildman–Crippen LogP) is 0.820. The SMILES string of the molecule is CNC(Cc1cn(C)nn1)C1(N(C)C)CCCC1. The van der Waals surface area contributed by atoms with Crippen molar-refractivity contribution in [3.8, 4) is 0 Å². The van der Waals surface area contributed by atoms with Crippen molar-refractivity contribution in [2.75, 3.05) is 21.1 Å². The van der Waals surface area contributed by atoms with Crippen LogP contribution in [0.3, 0.4) is 0 Å². The van der Waals surface area contributed by atoms with Crippen molar-refractivity contribution in [3.05, 3.63) is 11.9 Å². The Hall–Kier alpha value is -0.940. The molecule has 1 aliphatic carbocycles. The first-order valence-electron chi connectivity index (χ1n) is 6.78. The van der Waals surface area contributed by atoms with E-state index >= 15 is 0 Å². The number of nitrogens with zero attached hydrogens (tertiary/aromatic N) is 4. The van der Waals surface area contributed by atoms with Crippen LogP contribution in [-0.2, 0) is 13.5 Å². The van der Waals surface area contributed by atoms with E-state index in [0.29, 0.717) is 6.04 Å². The van der Waals surface area contributed by atoms with Crippen LogP contribution in [0.1, 0.15) is 31.4 Å². The van der Waals surface area contributed by atoms with Gasteiger partial charge in [-0.15, -0.1) is 5.10 Å². The number of rotatable bonds is 5. The predicted molar refractivity (Wildman–Crippen MR) is 72.4 cm³/mol. The molecular weight excluding hydrogens is 226 g/mol. The summed E-state index contributed by atoms with van der Waals surface area (Å²) in [5, 5.41) is 11.7. The molecule has 0 spiro atoms. The number of aryl methyl sites for hydroxylation is 1. The Bertz CT molecular complexity index is 378. The summed E-state index contributed by atoms with van der Waals surface area (Å²) < 4.78 is 1.78. The lowest BCUT2D eigenvalue weighted by molar-refractivity contribution is 0.108. The van der Waals surface area contributed by atoms with Gasteiger partial charge in [0.05, 0.1) is 5.69 Å². The van der Waals surface area contributed by atoms with Crippen molar-refractivity contribution in [1.82, 2.24) is 25.2 Å². The summed E-state index contributed by atoms with van der Waals surface area (Å²) in [6.45, 7) is 0. The molecule has 0 radical (unpaired) electrons. The molecule has 102 valence electrons. The van der Waals surface area contributed by atoms with Gasteiger partial charge in [-0.25, -0.2) is 0 Å². The molecule has 5 nitrogen and oxygen atoms in total. The minimum absolute atomic E-state index is 0.270. The van der Waals surface area contributed by atoms with E-state index in [0.717, 1.165) is 12.1 Å². The first kappa shape index (κ1) is 13.5. The Kier molecular flexibility index (Phi) is 4.02. The highest BCUT2D eigenvalue weighted by atomic mass is 15.4. The minimum atomic E-state index is 0.270. The standard InChI is InChI=1S/C13H25N5/c1-14-12(9-11-10-18(4)16-15-11)13(17(2)3)7-5-6-8-13/h10,12,14H,5-9H2,1-4H3. The Morgan fingerprint density at radius 2 is 2.11 bits per heavy atom. The van der Waals surface area contributed by atoms with Crippen LogP contribution in [0.4, 0.5) is 0 Å². The second kappa shape index (κ2) is 5.36. The fourth-order valence-corrected chi connectivity index (χ4v) is 3.35. The lowest BCUT2D eigenvalue weighted by Crippen LogP contribution is -2.57. The molecule has 1 aromatic heterocycles. The van der Waals surface area contributed by atoms with Crippen LogP contribution in [0.25, 0.3) is 0 Å². The van der Waals surface area contributed by atoms with E-state index in [1.54, 1.807) is 4.68 Å². The lowest BCUT2D eigenvalue weighted by atomic mass is 9.84. The number of aromatic nitrogens is 3. The first-order valence-corrected chi connectivity index (χ1v) is 6.78. The van der Waals surface area contributed by atoms with Gasteiger partial charge in [0.25, 0.3) is 0 Å². The maximum absolute atomic E-state index is 4.22. The summed E-state index contributed by atoms with van der Waals surface area (Å²) in [5.41, 5.74) is 1.34. The third kappa shape index (κ3) is 2.42. The van der Waals surface area contributed by atoms with E-state index < -0.39 is 0 Å². The van der Waals surface area contributed by atoms with E-state index in [1.807, 2.05) is 13.2 Å². The smallest absolute Gasteiger partial charge is 0.0843 e. The number of hydrogen-bond acceptors (Lipinski definition) is 4. The second-order valence-electron chi connectivity index (χ2n) is 5.63. The first-order chi connectivity index (χ1) is 8.58. The molecule has 2 rings (SSSR count). The molecule has 0 aliphatic heterocycles. The van der Waals surface area contributed by atoms with Gasteiger partial charge >= 0.3 is 0 Å². The van der Waals surface area contributed by atoms with Crippen LogP contribution in [0, 0.1) is 0 Å². The van der Waals surface area contributed by atoms with Crippen LogP contribution in [-0.4, -0.2) is 52.6 Å². The Morgan fingerprint density at radius 3 is 2.56 bits per heavy atom. The molecule has 18 heavy (non-hydrogen) atoms. The molecule has 0 bridgehead atoms. The van der Waals surface area contributed by atoms with Gasteiger partial charge in [0, 0.05) is 31.2 Å². The second-order valence-corrected chi connectivity index (χ2v) is 5.63. The fourth-order valence-electron chi connectivity index (χ4n) is 3.35. The van der Waals surface area contributed by atoms with Crippen LogP contribution in [0.5, 0.6) is 0 Å². The Labute approximate surface area is 110 Å². The number of hydrogen-bond donors (Lipinski definition) is 1. The van der Waals surface area contributed by atoms with Gasteiger partial charge in [-0.2, -0.15) is 0 Å². The topological polar surface area (TPSA) is 46.0 Å². The van der Waals surface area contributed by atoms with Gasteiger partial charge in [0.1, 0.15) is 0 Å². The zero-order valence-electron chi connectivity index (χ0n) is 12.0. The summed E-state index contributed by atoms with van der Waals surface area (Å²) in [6, 6.07) is 0.437. The molecule has 0 saturated heterocycles. The van der Waals surface area contributed by atoms with Gasteiger partial charge in [0.2, 0.25) is 0 Å². The van der Waals surface area contributed by atoms with Crippen LogP contribution >= 0.6 is 0 Å². The minimum Gasteiger partial charge on any atom is -0.315 e. The molecule has 1 atom stereocenters. The van der Waals surface area contributed by atoms with E-state index in [-0.39, 0.29) is 5.54 Å². The Balaban J connectivity index is 2.16. The summed E-state index contributed by atoms with van der Waals surface area (Å²) >= 11 is 0. The zero-order valence-corrected chi connectivity index (χ0v) is 12.0.